The zero-order chi connectivity index (χ0) is 24.8. The Morgan fingerprint density at radius 1 is 1.03 bits per heavy atom. The molecule has 1 saturated heterocycles. The summed E-state index contributed by atoms with van der Waals surface area (Å²) in [5, 5.41) is 2.66. The molecule has 3 rings (SSSR count). The fourth-order valence-electron chi connectivity index (χ4n) is 4.67. The summed E-state index contributed by atoms with van der Waals surface area (Å²) in [6.07, 6.45) is 4.79. The molecule has 0 radical (unpaired) electrons. The summed E-state index contributed by atoms with van der Waals surface area (Å²) in [4.78, 5) is 56.7. The molecule has 2 atom stereocenters. The maximum absolute atomic E-state index is 13.3. The smallest absolute Gasteiger partial charge is 0.328 e. The van der Waals surface area contributed by atoms with E-state index >= 15 is 0 Å². The Bertz CT molecular complexity index is 895. The fourth-order valence-corrected chi connectivity index (χ4v) is 4.67. The first kappa shape index (κ1) is 25.5. The predicted octanol–water partition coefficient (Wildman–Crippen LogP) is 1.66. The molecule has 1 aliphatic carbocycles. The van der Waals surface area contributed by atoms with E-state index in [1.807, 2.05) is 31.1 Å². The molecule has 1 aliphatic heterocycles. The van der Waals surface area contributed by atoms with Gasteiger partial charge in [0, 0.05) is 44.4 Å². The molecule has 2 fully saturated rings. The van der Waals surface area contributed by atoms with E-state index in [4.69, 9.17) is 4.74 Å². The summed E-state index contributed by atoms with van der Waals surface area (Å²) in [7, 11) is 5.11. The SMILES string of the molecule is COC(=O)[C@@H](C)NC(=O)[C@@H]1CN(C(=O)c2ccc(N(C)C)cc2)CCN1C(=O)C1CCCCC1. The zero-order valence-corrected chi connectivity index (χ0v) is 20.6. The van der Waals surface area contributed by atoms with Crippen molar-refractivity contribution in [2.45, 2.75) is 51.1 Å². The molecule has 186 valence electrons. The highest BCUT2D eigenvalue weighted by Crippen LogP contribution is 2.27. The van der Waals surface area contributed by atoms with Crippen molar-refractivity contribution in [3.05, 3.63) is 29.8 Å². The first-order valence-electron chi connectivity index (χ1n) is 12.0. The summed E-state index contributed by atoms with van der Waals surface area (Å²) >= 11 is 0. The predicted molar refractivity (Wildman–Crippen MR) is 128 cm³/mol. The van der Waals surface area contributed by atoms with Crippen molar-refractivity contribution in [1.29, 1.82) is 0 Å². The highest BCUT2D eigenvalue weighted by molar-refractivity contribution is 5.96. The number of anilines is 1. The molecule has 1 aromatic carbocycles. The van der Waals surface area contributed by atoms with Gasteiger partial charge < -0.3 is 24.8 Å². The minimum Gasteiger partial charge on any atom is -0.467 e. The number of amides is 3. The first-order valence-corrected chi connectivity index (χ1v) is 12.0. The number of piperazine rings is 1. The van der Waals surface area contributed by atoms with Crippen molar-refractivity contribution in [2.75, 3.05) is 45.7 Å². The van der Waals surface area contributed by atoms with E-state index in [1.165, 1.54) is 14.0 Å². The van der Waals surface area contributed by atoms with Crippen molar-refractivity contribution in [1.82, 2.24) is 15.1 Å². The molecule has 9 nitrogen and oxygen atoms in total. The topological polar surface area (TPSA) is 99.3 Å². The standard InChI is InChI=1S/C25H36N4O5/c1-17(25(33)34-4)26-22(30)21-16-28(23(31)19-10-12-20(13-11-19)27(2)3)14-15-29(21)24(32)18-8-6-5-7-9-18/h10-13,17-18,21H,5-9,14-16H2,1-4H3,(H,26,30)/t17-,21+/m1/s1. The van der Waals surface area contributed by atoms with Crippen LogP contribution in [0, 0.1) is 5.92 Å². The van der Waals surface area contributed by atoms with Gasteiger partial charge in [0.05, 0.1) is 13.7 Å². The Morgan fingerprint density at radius 3 is 2.26 bits per heavy atom. The third kappa shape index (κ3) is 5.87. The second kappa shape index (κ2) is 11.4. The van der Waals surface area contributed by atoms with Crippen molar-refractivity contribution in [2.24, 2.45) is 5.92 Å². The van der Waals surface area contributed by atoms with Gasteiger partial charge in [0.1, 0.15) is 12.1 Å². The average molecular weight is 473 g/mol. The Kier molecular flexibility index (Phi) is 8.52. The van der Waals surface area contributed by atoms with Crippen molar-refractivity contribution in [3.63, 3.8) is 0 Å². The van der Waals surface area contributed by atoms with Gasteiger partial charge >= 0.3 is 5.97 Å². The summed E-state index contributed by atoms with van der Waals surface area (Å²) in [6.45, 7) is 2.24. The Hall–Kier alpha value is -3.10. The molecule has 1 heterocycles. The second-order valence-electron chi connectivity index (χ2n) is 9.33. The molecule has 0 bridgehead atoms. The van der Waals surface area contributed by atoms with Gasteiger partial charge in [-0.2, -0.15) is 0 Å². The van der Waals surface area contributed by atoms with Crippen LogP contribution in [0.3, 0.4) is 0 Å². The normalized spacial score (nSPS) is 19.8. The molecule has 0 spiro atoms. The van der Waals surface area contributed by atoms with Gasteiger partial charge in [-0.3, -0.25) is 14.4 Å². The lowest BCUT2D eigenvalue weighted by Gasteiger charge is -2.42. The number of methoxy groups -OCH3 is 1. The summed E-state index contributed by atoms with van der Waals surface area (Å²) in [5.74, 6) is -1.34. The van der Waals surface area contributed by atoms with Gasteiger partial charge in [0.25, 0.3) is 5.91 Å². The van der Waals surface area contributed by atoms with Crippen LogP contribution in [0.4, 0.5) is 5.69 Å². The third-order valence-corrected chi connectivity index (χ3v) is 6.75. The molecule has 34 heavy (non-hydrogen) atoms. The molecule has 9 heteroatoms. The van der Waals surface area contributed by atoms with E-state index in [-0.39, 0.29) is 30.8 Å². The number of nitrogens with one attached hydrogen (secondary N) is 1. The van der Waals surface area contributed by atoms with E-state index in [0.29, 0.717) is 12.1 Å². The Morgan fingerprint density at radius 2 is 1.68 bits per heavy atom. The average Bonchev–Trinajstić information content (AvgIpc) is 2.87. The number of rotatable bonds is 6. The van der Waals surface area contributed by atoms with Gasteiger partial charge in [-0.25, -0.2) is 4.79 Å². The van der Waals surface area contributed by atoms with Gasteiger partial charge in [0.15, 0.2) is 0 Å². The number of esters is 1. The third-order valence-electron chi connectivity index (χ3n) is 6.75. The number of ether oxygens (including phenoxy) is 1. The van der Waals surface area contributed by atoms with E-state index in [1.54, 1.807) is 21.9 Å². The molecule has 0 unspecified atom stereocenters. The number of hydrogen-bond donors (Lipinski definition) is 1. The molecule has 3 amide bonds. The highest BCUT2D eigenvalue weighted by atomic mass is 16.5. The van der Waals surface area contributed by atoms with E-state index < -0.39 is 24.0 Å². The molecular formula is C25H36N4O5. The Balaban J connectivity index is 1.78. The lowest BCUT2D eigenvalue weighted by atomic mass is 9.87. The molecule has 1 N–H and O–H groups in total. The molecule has 0 aromatic heterocycles. The number of carbonyl (C=O) groups is 4. The second-order valence-corrected chi connectivity index (χ2v) is 9.33. The highest BCUT2D eigenvalue weighted by Gasteiger charge is 2.40. The van der Waals surface area contributed by atoms with Gasteiger partial charge in [0.2, 0.25) is 11.8 Å². The Labute approximate surface area is 201 Å². The van der Waals surface area contributed by atoms with Crippen LogP contribution in [0.25, 0.3) is 0 Å². The molecule has 2 aliphatic rings. The maximum atomic E-state index is 13.3. The first-order chi connectivity index (χ1) is 16.2. The zero-order valence-electron chi connectivity index (χ0n) is 20.6. The number of carbonyl (C=O) groups excluding carboxylic acids is 4. The lowest BCUT2D eigenvalue weighted by Crippen LogP contribution is -2.63. The molecule has 1 saturated carbocycles. The van der Waals surface area contributed by atoms with Crippen molar-refractivity contribution >= 4 is 29.4 Å². The molecular weight excluding hydrogens is 436 g/mol. The largest absolute Gasteiger partial charge is 0.467 e. The molecule has 1 aromatic rings. The van der Waals surface area contributed by atoms with E-state index in [9.17, 15) is 19.2 Å². The van der Waals surface area contributed by atoms with E-state index in [0.717, 1.165) is 37.8 Å². The van der Waals surface area contributed by atoms with Gasteiger partial charge in [-0.1, -0.05) is 19.3 Å². The minimum atomic E-state index is -0.861. The maximum Gasteiger partial charge on any atom is 0.328 e. The fraction of sp³-hybridized carbons (Fsp3) is 0.600. The summed E-state index contributed by atoms with van der Waals surface area (Å²) in [6, 6.07) is 5.57. The summed E-state index contributed by atoms with van der Waals surface area (Å²) < 4.78 is 4.71. The van der Waals surface area contributed by atoms with Crippen LogP contribution >= 0.6 is 0 Å². The summed E-state index contributed by atoms with van der Waals surface area (Å²) in [5.41, 5.74) is 1.51. The van der Waals surface area contributed by atoms with Crippen LogP contribution in [0.1, 0.15) is 49.4 Å². The lowest BCUT2D eigenvalue weighted by molar-refractivity contribution is -0.149. The van der Waals surface area contributed by atoms with Crippen LogP contribution in [0.5, 0.6) is 0 Å². The number of hydrogen-bond acceptors (Lipinski definition) is 6. The van der Waals surface area contributed by atoms with Crippen molar-refractivity contribution in [3.8, 4) is 0 Å². The van der Waals surface area contributed by atoms with Crippen molar-refractivity contribution < 1.29 is 23.9 Å². The van der Waals surface area contributed by atoms with Crippen LogP contribution < -0.4 is 10.2 Å². The van der Waals surface area contributed by atoms with Gasteiger partial charge in [-0.15, -0.1) is 0 Å². The van der Waals surface area contributed by atoms with E-state index in [2.05, 4.69) is 5.32 Å². The van der Waals surface area contributed by atoms with Crippen LogP contribution in [0.15, 0.2) is 24.3 Å². The number of benzene rings is 1. The minimum absolute atomic E-state index is 0.0343. The quantitative estimate of drug-likeness (QED) is 0.633. The van der Waals surface area contributed by atoms with Crippen LogP contribution in [-0.4, -0.2) is 86.4 Å². The number of nitrogens with zero attached hydrogens (tertiary/aromatic N) is 3. The monoisotopic (exact) mass is 472 g/mol. The van der Waals surface area contributed by atoms with Crippen LogP contribution in [-0.2, 0) is 19.1 Å². The van der Waals surface area contributed by atoms with Crippen LogP contribution in [0.2, 0.25) is 0 Å². The van der Waals surface area contributed by atoms with Gasteiger partial charge in [-0.05, 0) is 44.0 Å².